The largest absolute Gasteiger partial charge is 0.349 e. The fourth-order valence-electron chi connectivity index (χ4n) is 1.91. The van der Waals surface area contributed by atoms with Crippen molar-refractivity contribution in [2.24, 2.45) is 0 Å². The molecule has 0 saturated heterocycles. The summed E-state index contributed by atoms with van der Waals surface area (Å²) in [5.41, 5.74) is 1.93. The molecular weight excluding hydrogens is 358 g/mol. The molecule has 0 aliphatic carbocycles. The molecule has 1 heterocycles. The van der Waals surface area contributed by atoms with Gasteiger partial charge in [0.2, 0.25) is 5.95 Å². The Morgan fingerprint density at radius 1 is 1.26 bits per heavy atom. The van der Waals surface area contributed by atoms with Crippen LogP contribution < -0.4 is 10.6 Å². The van der Waals surface area contributed by atoms with E-state index in [0.717, 1.165) is 22.4 Å². The van der Waals surface area contributed by atoms with Crippen molar-refractivity contribution in [3.63, 3.8) is 0 Å². The second-order valence-electron chi connectivity index (χ2n) is 5.38. The van der Waals surface area contributed by atoms with Crippen LogP contribution >= 0.6 is 15.9 Å². The fourth-order valence-corrected chi connectivity index (χ4v) is 2.29. The van der Waals surface area contributed by atoms with Crippen molar-refractivity contribution in [3.8, 4) is 0 Å². The van der Waals surface area contributed by atoms with Gasteiger partial charge in [0, 0.05) is 23.3 Å². The third-order valence-corrected chi connectivity index (χ3v) is 3.74. The van der Waals surface area contributed by atoms with E-state index in [1.54, 1.807) is 6.07 Å². The predicted octanol–water partition coefficient (Wildman–Crippen LogP) is 2.58. The predicted molar refractivity (Wildman–Crippen MR) is 95.1 cm³/mol. The summed E-state index contributed by atoms with van der Waals surface area (Å²) in [5.74, 6) is 0.196. The summed E-state index contributed by atoms with van der Waals surface area (Å²) in [6.07, 6.45) is 0. The highest BCUT2D eigenvalue weighted by Crippen LogP contribution is 2.23. The molecule has 0 aliphatic heterocycles. The van der Waals surface area contributed by atoms with Gasteiger partial charge in [0.05, 0.1) is 5.69 Å². The van der Waals surface area contributed by atoms with E-state index in [9.17, 15) is 4.79 Å². The first-order chi connectivity index (χ1) is 11.0. The number of hydrogen-bond acceptors (Lipinski definition) is 5. The first-order valence-corrected chi connectivity index (χ1v) is 8.05. The Bertz CT molecular complexity index is 690. The van der Waals surface area contributed by atoms with Gasteiger partial charge in [-0.3, -0.25) is 4.79 Å². The number of nitrogens with zero attached hydrogens (tertiary/aromatic N) is 3. The van der Waals surface area contributed by atoms with Crippen LogP contribution in [0.3, 0.4) is 0 Å². The average molecular weight is 378 g/mol. The highest BCUT2D eigenvalue weighted by molar-refractivity contribution is 9.10. The van der Waals surface area contributed by atoms with Crippen LogP contribution in [0.25, 0.3) is 0 Å². The molecular formula is C16H20BrN5O. The second kappa shape index (κ2) is 8.03. The molecule has 0 spiro atoms. The van der Waals surface area contributed by atoms with Gasteiger partial charge in [0.15, 0.2) is 0 Å². The summed E-state index contributed by atoms with van der Waals surface area (Å²) >= 11 is 3.47. The van der Waals surface area contributed by atoms with E-state index in [0.29, 0.717) is 18.2 Å². The number of aromatic nitrogens is 2. The number of hydrogen-bond donors (Lipinski definition) is 2. The Labute approximate surface area is 144 Å². The van der Waals surface area contributed by atoms with Crippen molar-refractivity contribution in [3.05, 3.63) is 46.2 Å². The Morgan fingerprint density at radius 2 is 2.00 bits per heavy atom. The maximum Gasteiger partial charge on any atom is 0.270 e. The van der Waals surface area contributed by atoms with E-state index in [4.69, 9.17) is 0 Å². The highest BCUT2D eigenvalue weighted by atomic mass is 79.9. The Hall–Kier alpha value is -1.99. The van der Waals surface area contributed by atoms with E-state index in [1.807, 2.05) is 50.2 Å². The van der Waals surface area contributed by atoms with Crippen LogP contribution in [0.4, 0.5) is 11.6 Å². The van der Waals surface area contributed by atoms with Gasteiger partial charge >= 0.3 is 0 Å². The zero-order chi connectivity index (χ0) is 16.8. The molecule has 2 rings (SSSR count). The Balaban J connectivity index is 2.12. The number of rotatable bonds is 6. The molecule has 2 N–H and O–H groups in total. The number of carbonyl (C=O) groups is 1. The molecule has 0 atom stereocenters. The zero-order valence-electron chi connectivity index (χ0n) is 13.4. The van der Waals surface area contributed by atoms with Crippen LogP contribution in [0.15, 0.2) is 34.8 Å². The minimum Gasteiger partial charge on any atom is -0.349 e. The lowest BCUT2D eigenvalue weighted by Crippen LogP contribution is -2.32. The standard InChI is InChI=1S/C16H20BrN5O/c1-11-10-14(15(23)18-8-9-22(2)3)21-16(19-11)20-13-7-5-4-6-12(13)17/h4-7,10H,8-9H2,1-3H3,(H,18,23)(H,19,20,21). The van der Waals surface area contributed by atoms with Gasteiger partial charge in [0.1, 0.15) is 5.69 Å². The summed E-state index contributed by atoms with van der Waals surface area (Å²) in [7, 11) is 3.92. The molecule has 0 radical (unpaired) electrons. The summed E-state index contributed by atoms with van der Waals surface area (Å²) in [6.45, 7) is 3.18. The van der Waals surface area contributed by atoms with Gasteiger partial charge in [0.25, 0.3) is 5.91 Å². The van der Waals surface area contributed by atoms with Crippen LogP contribution in [0.5, 0.6) is 0 Å². The quantitative estimate of drug-likeness (QED) is 0.809. The van der Waals surface area contributed by atoms with Crippen LogP contribution in [-0.2, 0) is 0 Å². The Kier molecular flexibility index (Phi) is 6.06. The molecule has 23 heavy (non-hydrogen) atoms. The molecule has 1 aromatic heterocycles. The lowest BCUT2D eigenvalue weighted by atomic mass is 10.3. The third kappa shape index (κ3) is 5.30. The van der Waals surface area contributed by atoms with Crippen molar-refractivity contribution in [1.29, 1.82) is 0 Å². The SMILES string of the molecule is Cc1cc(C(=O)NCCN(C)C)nc(Nc2ccccc2Br)n1. The molecule has 1 aromatic carbocycles. The number of halogens is 1. The van der Waals surface area contributed by atoms with Gasteiger partial charge in [-0.2, -0.15) is 0 Å². The number of likely N-dealkylation sites (N-methyl/N-ethyl adjacent to an activating group) is 1. The minimum atomic E-state index is -0.201. The summed E-state index contributed by atoms with van der Waals surface area (Å²) in [5, 5.41) is 5.98. The van der Waals surface area contributed by atoms with Crippen LogP contribution in [0.2, 0.25) is 0 Å². The molecule has 6 nitrogen and oxygen atoms in total. The number of anilines is 2. The fraction of sp³-hybridized carbons (Fsp3) is 0.312. The normalized spacial score (nSPS) is 10.7. The van der Waals surface area contributed by atoms with Gasteiger partial charge in [-0.25, -0.2) is 9.97 Å². The van der Waals surface area contributed by atoms with Gasteiger partial charge < -0.3 is 15.5 Å². The van der Waals surface area contributed by atoms with Crippen LogP contribution in [0, 0.1) is 6.92 Å². The molecule has 2 aromatic rings. The minimum absolute atomic E-state index is 0.201. The first kappa shape index (κ1) is 17.4. The first-order valence-electron chi connectivity index (χ1n) is 7.26. The van der Waals surface area contributed by atoms with Crippen molar-refractivity contribution < 1.29 is 4.79 Å². The lowest BCUT2D eigenvalue weighted by molar-refractivity contribution is 0.0946. The van der Waals surface area contributed by atoms with Gasteiger partial charge in [-0.05, 0) is 55.1 Å². The average Bonchev–Trinajstić information content (AvgIpc) is 2.48. The van der Waals surface area contributed by atoms with Crippen LogP contribution in [-0.4, -0.2) is 48.0 Å². The number of para-hydroxylation sites is 1. The summed E-state index contributed by atoms with van der Waals surface area (Å²) in [4.78, 5) is 22.8. The molecule has 0 fully saturated rings. The molecule has 0 unspecified atom stereocenters. The molecule has 0 saturated carbocycles. The van der Waals surface area contributed by atoms with Gasteiger partial charge in [-0.15, -0.1) is 0 Å². The van der Waals surface area contributed by atoms with Crippen molar-refractivity contribution in [2.75, 3.05) is 32.5 Å². The molecule has 122 valence electrons. The topological polar surface area (TPSA) is 70.2 Å². The van der Waals surface area contributed by atoms with E-state index in [2.05, 4.69) is 36.5 Å². The highest BCUT2D eigenvalue weighted by Gasteiger charge is 2.11. The van der Waals surface area contributed by atoms with Crippen LogP contribution in [0.1, 0.15) is 16.2 Å². The van der Waals surface area contributed by atoms with Crippen molar-refractivity contribution in [2.45, 2.75) is 6.92 Å². The summed E-state index contributed by atoms with van der Waals surface area (Å²) in [6, 6.07) is 9.35. The van der Waals surface area contributed by atoms with E-state index in [1.165, 1.54) is 0 Å². The monoisotopic (exact) mass is 377 g/mol. The maximum absolute atomic E-state index is 12.2. The van der Waals surface area contributed by atoms with E-state index < -0.39 is 0 Å². The number of nitrogens with one attached hydrogen (secondary N) is 2. The molecule has 1 amide bonds. The molecule has 0 aliphatic rings. The number of aryl methyl sites for hydroxylation is 1. The number of amides is 1. The van der Waals surface area contributed by atoms with E-state index >= 15 is 0 Å². The number of benzene rings is 1. The summed E-state index contributed by atoms with van der Waals surface area (Å²) < 4.78 is 0.905. The Morgan fingerprint density at radius 3 is 2.70 bits per heavy atom. The van der Waals surface area contributed by atoms with Gasteiger partial charge in [-0.1, -0.05) is 12.1 Å². The molecule has 7 heteroatoms. The second-order valence-corrected chi connectivity index (χ2v) is 6.24. The zero-order valence-corrected chi connectivity index (χ0v) is 15.0. The lowest BCUT2D eigenvalue weighted by Gasteiger charge is -2.11. The van der Waals surface area contributed by atoms with E-state index in [-0.39, 0.29) is 5.91 Å². The maximum atomic E-state index is 12.2. The third-order valence-electron chi connectivity index (χ3n) is 3.05. The smallest absolute Gasteiger partial charge is 0.270 e. The number of carbonyl (C=O) groups excluding carboxylic acids is 1. The van der Waals surface area contributed by atoms with Crippen molar-refractivity contribution >= 4 is 33.5 Å². The molecule has 0 bridgehead atoms. The van der Waals surface area contributed by atoms with Crippen molar-refractivity contribution in [1.82, 2.24) is 20.2 Å².